The number of rotatable bonds is 1. The van der Waals surface area contributed by atoms with E-state index < -0.39 is 0 Å². The first-order valence-electron chi connectivity index (χ1n) is 3.96. The van der Waals surface area contributed by atoms with Crippen molar-refractivity contribution < 1.29 is 0 Å². The lowest BCUT2D eigenvalue weighted by Gasteiger charge is -1.94. The van der Waals surface area contributed by atoms with Gasteiger partial charge in [-0.25, -0.2) is 0 Å². The summed E-state index contributed by atoms with van der Waals surface area (Å²) in [5.41, 5.74) is 1.91. The van der Waals surface area contributed by atoms with Crippen LogP contribution in [0.5, 0.6) is 0 Å². The lowest BCUT2D eigenvalue weighted by Crippen LogP contribution is -1.76. The molecule has 0 radical (unpaired) electrons. The second kappa shape index (κ2) is 3.93. The van der Waals surface area contributed by atoms with Crippen LogP contribution in [0.2, 0.25) is 0 Å². The van der Waals surface area contributed by atoms with Crippen molar-refractivity contribution in [2.75, 3.05) is 0 Å². The second-order valence-corrected chi connectivity index (χ2v) is 5.22. The maximum absolute atomic E-state index is 8.93. The number of nitriles is 1. The van der Waals surface area contributed by atoms with Crippen LogP contribution in [0.1, 0.15) is 11.1 Å². The molecule has 0 saturated heterocycles. The molecule has 1 aromatic heterocycles. The Balaban J connectivity index is 2.76. The van der Waals surface area contributed by atoms with Gasteiger partial charge in [-0.3, -0.25) is 0 Å². The number of halogens is 1. The van der Waals surface area contributed by atoms with Crippen LogP contribution in [-0.4, -0.2) is 0 Å². The molecule has 0 aliphatic carbocycles. The normalized spacial score (nSPS) is 10.4. The van der Waals surface area contributed by atoms with Crippen LogP contribution in [0.15, 0.2) is 22.4 Å². The van der Waals surface area contributed by atoms with E-state index in [0.29, 0.717) is 5.56 Å². The molecule has 0 bridgehead atoms. The van der Waals surface area contributed by atoms with E-state index in [9.17, 15) is 0 Å². The van der Waals surface area contributed by atoms with Crippen molar-refractivity contribution in [3.63, 3.8) is 0 Å². The van der Waals surface area contributed by atoms with Gasteiger partial charge in [0, 0.05) is 15.4 Å². The summed E-state index contributed by atoms with van der Waals surface area (Å²) >= 11 is 9.24. The lowest BCUT2D eigenvalue weighted by atomic mass is 10.1. The average Bonchev–Trinajstić information content (AvgIpc) is 2.51. The highest BCUT2D eigenvalue weighted by Crippen LogP contribution is 2.34. The van der Waals surface area contributed by atoms with Crippen molar-refractivity contribution in [3.05, 3.63) is 29.3 Å². The van der Waals surface area contributed by atoms with Gasteiger partial charge < -0.3 is 0 Å². The Kier molecular flexibility index (Phi) is 2.82. The number of alkyl halides is 1. The van der Waals surface area contributed by atoms with Crippen LogP contribution >= 0.6 is 39.9 Å². The molecule has 1 nitrogen and oxygen atoms in total. The first kappa shape index (κ1) is 10.0. The Labute approximate surface area is 99.9 Å². The molecule has 2 aromatic rings. The third kappa shape index (κ3) is 1.56. The summed E-state index contributed by atoms with van der Waals surface area (Å²) in [6.07, 6.45) is 0. The van der Waals surface area contributed by atoms with Gasteiger partial charge in [0.1, 0.15) is 6.07 Å². The maximum atomic E-state index is 8.93. The molecule has 1 heterocycles. The number of thiol groups is 1. The molecule has 0 saturated carbocycles. The molecule has 1 aromatic carbocycles. The molecule has 0 aliphatic heterocycles. The van der Waals surface area contributed by atoms with Crippen molar-refractivity contribution in [2.24, 2.45) is 0 Å². The molecule has 0 atom stereocenters. The van der Waals surface area contributed by atoms with Gasteiger partial charge in [0.05, 0.1) is 9.77 Å². The lowest BCUT2D eigenvalue weighted by molar-refractivity contribution is 1.46. The Morgan fingerprint density at radius 3 is 2.93 bits per heavy atom. The SMILES string of the molecule is N#Cc1c(S)sc2cc(CBr)ccc12. The number of hydrogen-bond acceptors (Lipinski definition) is 3. The Morgan fingerprint density at radius 1 is 1.50 bits per heavy atom. The highest BCUT2D eigenvalue weighted by molar-refractivity contribution is 9.08. The monoisotopic (exact) mass is 283 g/mol. The van der Waals surface area contributed by atoms with Crippen molar-refractivity contribution >= 4 is 50.0 Å². The van der Waals surface area contributed by atoms with E-state index >= 15 is 0 Å². The minimum Gasteiger partial charge on any atom is -0.192 e. The summed E-state index contributed by atoms with van der Waals surface area (Å²) in [6.45, 7) is 0. The van der Waals surface area contributed by atoms with E-state index in [2.05, 4.69) is 40.7 Å². The molecule has 4 heteroatoms. The summed E-state index contributed by atoms with van der Waals surface area (Å²) in [4.78, 5) is 0. The van der Waals surface area contributed by atoms with E-state index in [-0.39, 0.29) is 0 Å². The van der Waals surface area contributed by atoms with Gasteiger partial charge >= 0.3 is 0 Å². The second-order valence-electron chi connectivity index (χ2n) is 2.86. The zero-order valence-electron chi connectivity index (χ0n) is 7.12. The summed E-state index contributed by atoms with van der Waals surface area (Å²) in [6, 6.07) is 8.28. The predicted molar refractivity (Wildman–Crippen MR) is 66.4 cm³/mol. The molecule has 0 aliphatic rings. The third-order valence-electron chi connectivity index (χ3n) is 2.00. The maximum Gasteiger partial charge on any atom is 0.102 e. The summed E-state index contributed by atoms with van der Waals surface area (Å²) in [5.74, 6) is 0. The van der Waals surface area contributed by atoms with Gasteiger partial charge in [-0.1, -0.05) is 28.1 Å². The molecule has 0 fully saturated rings. The van der Waals surface area contributed by atoms with Crippen molar-refractivity contribution in [3.8, 4) is 6.07 Å². The van der Waals surface area contributed by atoms with Crippen LogP contribution in [0.4, 0.5) is 0 Å². The largest absolute Gasteiger partial charge is 0.192 e. The third-order valence-corrected chi connectivity index (χ3v) is 4.10. The quantitative estimate of drug-likeness (QED) is 0.622. The zero-order chi connectivity index (χ0) is 10.1. The van der Waals surface area contributed by atoms with E-state index in [1.807, 2.05) is 12.1 Å². The Hall–Kier alpha value is -0.500. The number of fused-ring (bicyclic) bond motifs is 1. The van der Waals surface area contributed by atoms with Crippen molar-refractivity contribution in [2.45, 2.75) is 9.54 Å². The average molecular weight is 284 g/mol. The van der Waals surface area contributed by atoms with Crippen molar-refractivity contribution in [1.82, 2.24) is 0 Å². The molecule has 0 unspecified atom stereocenters. The van der Waals surface area contributed by atoms with E-state index in [1.54, 1.807) is 11.3 Å². The highest BCUT2D eigenvalue weighted by atomic mass is 79.9. The predicted octanol–water partition coefficient (Wildman–Crippen LogP) is 3.96. The van der Waals surface area contributed by atoms with Crippen LogP contribution in [0, 0.1) is 11.3 Å². The molecule has 14 heavy (non-hydrogen) atoms. The van der Waals surface area contributed by atoms with Crippen molar-refractivity contribution in [1.29, 1.82) is 5.26 Å². The molecule has 70 valence electrons. The summed E-state index contributed by atoms with van der Waals surface area (Å²) in [5, 5.41) is 10.8. The fourth-order valence-electron chi connectivity index (χ4n) is 1.32. The molecule has 0 spiro atoms. The highest BCUT2D eigenvalue weighted by Gasteiger charge is 2.08. The van der Waals surface area contributed by atoms with Gasteiger partial charge in [-0.2, -0.15) is 5.26 Å². The topological polar surface area (TPSA) is 23.8 Å². The van der Waals surface area contributed by atoms with Crippen LogP contribution in [0.3, 0.4) is 0 Å². The van der Waals surface area contributed by atoms with Gasteiger partial charge in [0.2, 0.25) is 0 Å². The minimum absolute atomic E-state index is 0.689. The van der Waals surface area contributed by atoms with Crippen LogP contribution < -0.4 is 0 Å². The molecule has 2 rings (SSSR count). The van der Waals surface area contributed by atoms with Gasteiger partial charge in [-0.15, -0.1) is 24.0 Å². The van der Waals surface area contributed by atoms with Gasteiger partial charge in [-0.05, 0) is 11.6 Å². The minimum atomic E-state index is 0.689. The van der Waals surface area contributed by atoms with Crippen LogP contribution in [-0.2, 0) is 5.33 Å². The van der Waals surface area contributed by atoms with Crippen LogP contribution in [0.25, 0.3) is 10.1 Å². The summed E-state index contributed by atoms with van der Waals surface area (Å²) in [7, 11) is 0. The van der Waals surface area contributed by atoms with Gasteiger partial charge in [0.15, 0.2) is 0 Å². The standard InChI is InChI=1S/C10H6BrNS2/c11-4-6-1-2-7-8(5-12)10(13)14-9(7)3-6/h1-3,13H,4H2. The zero-order valence-corrected chi connectivity index (χ0v) is 10.4. The molecule has 0 amide bonds. The van der Waals surface area contributed by atoms with E-state index in [4.69, 9.17) is 5.26 Å². The first-order chi connectivity index (χ1) is 6.76. The Morgan fingerprint density at radius 2 is 2.29 bits per heavy atom. The number of hydrogen-bond donors (Lipinski definition) is 1. The van der Waals surface area contributed by atoms with E-state index in [1.165, 1.54) is 5.56 Å². The number of thiophene rings is 1. The number of nitrogens with zero attached hydrogens (tertiary/aromatic N) is 1. The Bertz CT molecular complexity index is 525. The molecular weight excluding hydrogens is 278 g/mol. The summed E-state index contributed by atoms with van der Waals surface area (Å²) < 4.78 is 1.93. The smallest absolute Gasteiger partial charge is 0.102 e. The van der Waals surface area contributed by atoms with E-state index in [0.717, 1.165) is 19.6 Å². The number of benzene rings is 1. The van der Waals surface area contributed by atoms with Gasteiger partial charge in [0.25, 0.3) is 0 Å². The molecular formula is C10H6BrNS2. The molecule has 0 N–H and O–H groups in total. The fourth-order valence-corrected chi connectivity index (χ4v) is 3.09. The first-order valence-corrected chi connectivity index (χ1v) is 6.35. The fraction of sp³-hybridized carbons (Fsp3) is 0.100.